The molecule has 0 saturated carbocycles. The van der Waals surface area contributed by atoms with Crippen LogP contribution in [0.2, 0.25) is 0 Å². The molecule has 8 heteroatoms. The van der Waals surface area contributed by atoms with Crippen molar-refractivity contribution in [3.63, 3.8) is 0 Å². The van der Waals surface area contributed by atoms with E-state index in [1.165, 1.54) is 0 Å². The zero-order chi connectivity index (χ0) is 14.6. The molecule has 6 nitrogen and oxygen atoms in total. The van der Waals surface area contributed by atoms with E-state index in [1.807, 2.05) is 0 Å². The zero-order valence-corrected chi connectivity index (χ0v) is 12.2. The molecule has 1 unspecified atom stereocenters. The highest BCUT2D eigenvalue weighted by molar-refractivity contribution is 14.1. The van der Waals surface area contributed by atoms with Crippen molar-refractivity contribution < 1.29 is 19.2 Å². The largest absolute Gasteiger partial charge is 0.481 e. The number of benzene rings is 1. The van der Waals surface area contributed by atoms with Crippen molar-refractivity contribution in [2.24, 2.45) is 0 Å². The van der Waals surface area contributed by atoms with Crippen LogP contribution in [0.1, 0.15) is 19.8 Å². The molecule has 0 radical (unpaired) electrons. The van der Waals surface area contributed by atoms with Gasteiger partial charge in [0.1, 0.15) is 11.5 Å². The van der Waals surface area contributed by atoms with Crippen LogP contribution >= 0.6 is 22.6 Å². The van der Waals surface area contributed by atoms with Gasteiger partial charge in [-0.1, -0.05) is 6.92 Å². The molecule has 0 fully saturated rings. The molecule has 0 aliphatic carbocycles. The van der Waals surface area contributed by atoms with Gasteiger partial charge in [0.15, 0.2) is 0 Å². The predicted molar refractivity (Wildman–Crippen MR) is 75.7 cm³/mol. The molecule has 2 N–H and O–H groups in total. The Morgan fingerprint density at radius 1 is 1.63 bits per heavy atom. The van der Waals surface area contributed by atoms with Gasteiger partial charge < -0.3 is 10.4 Å². The molecular formula is C11H12FIN2O4. The second kappa shape index (κ2) is 6.64. The fraction of sp³-hybridized carbons (Fsp3) is 0.364. The van der Waals surface area contributed by atoms with Crippen LogP contribution in [0.3, 0.4) is 0 Å². The van der Waals surface area contributed by atoms with Gasteiger partial charge >= 0.3 is 5.97 Å². The molecule has 19 heavy (non-hydrogen) atoms. The summed E-state index contributed by atoms with van der Waals surface area (Å²) in [5.74, 6) is -1.60. The number of nitrogens with one attached hydrogen (secondary N) is 1. The van der Waals surface area contributed by atoms with Crippen LogP contribution in [0.25, 0.3) is 0 Å². The second-order valence-corrected chi connectivity index (χ2v) is 5.05. The Balaban J connectivity index is 3.07. The number of halogens is 2. The lowest BCUT2D eigenvalue weighted by Crippen LogP contribution is -2.22. The Kier molecular flexibility index (Phi) is 5.45. The highest BCUT2D eigenvalue weighted by Gasteiger charge is 2.20. The Morgan fingerprint density at radius 2 is 2.26 bits per heavy atom. The van der Waals surface area contributed by atoms with Gasteiger partial charge in [-0.05, 0) is 29.0 Å². The standard InChI is InChI=1S/C11H12FIN2O4/c1-2-6(3-11(16)17)14-9-4-7(12)8(13)5-10(9)15(18)19/h4-6,14H,2-3H2,1H3,(H,16,17). The number of carboxylic acid groups (broad SMARTS) is 1. The number of carboxylic acids is 1. The van der Waals surface area contributed by atoms with Crippen molar-refractivity contribution in [2.45, 2.75) is 25.8 Å². The van der Waals surface area contributed by atoms with Crippen molar-refractivity contribution in [3.05, 3.63) is 31.6 Å². The van der Waals surface area contributed by atoms with Crippen LogP contribution in [0.15, 0.2) is 12.1 Å². The summed E-state index contributed by atoms with van der Waals surface area (Å²) < 4.78 is 13.6. The number of hydrogen-bond acceptors (Lipinski definition) is 4. The quantitative estimate of drug-likeness (QED) is 0.448. The number of rotatable bonds is 6. The maximum Gasteiger partial charge on any atom is 0.305 e. The Labute approximate surface area is 122 Å². The molecule has 0 heterocycles. The summed E-state index contributed by atoms with van der Waals surface area (Å²) in [6.45, 7) is 1.75. The van der Waals surface area contributed by atoms with Gasteiger partial charge in [0.05, 0.1) is 14.9 Å². The van der Waals surface area contributed by atoms with Gasteiger partial charge in [-0.15, -0.1) is 0 Å². The first-order valence-electron chi connectivity index (χ1n) is 5.46. The molecule has 0 aromatic heterocycles. The number of carbonyl (C=O) groups is 1. The highest BCUT2D eigenvalue weighted by Crippen LogP contribution is 2.29. The molecule has 1 atom stereocenters. The molecule has 104 valence electrons. The number of aliphatic carboxylic acids is 1. The predicted octanol–water partition coefficient (Wildman–Crippen LogP) is 3.00. The summed E-state index contributed by atoms with van der Waals surface area (Å²) in [6, 6.07) is 1.64. The fourth-order valence-corrected chi connectivity index (χ4v) is 1.98. The van der Waals surface area contributed by atoms with Gasteiger partial charge in [0, 0.05) is 18.2 Å². The van der Waals surface area contributed by atoms with E-state index in [0.717, 1.165) is 12.1 Å². The van der Waals surface area contributed by atoms with Gasteiger partial charge in [-0.25, -0.2) is 4.39 Å². The molecule has 1 aromatic carbocycles. The van der Waals surface area contributed by atoms with Crippen molar-refractivity contribution >= 4 is 39.9 Å². The smallest absolute Gasteiger partial charge is 0.305 e. The molecule has 0 spiro atoms. The number of nitro benzene ring substituents is 1. The lowest BCUT2D eigenvalue weighted by atomic mass is 10.1. The Morgan fingerprint density at radius 3 is 2.74 bits per heavy atom. The maximum absolute atomic E-state index is 13.5. The average Bonchev–Trinajstić information content (AvgIpc) is 2.31. The van der Waals surface area contributed by atoms with Crippen molar-refractivity contribution in [2.75, 3.05) is 5.32 Å². The molecular weight excluding hydrogens is 370 g/mol. The minimum atomic E-state index is -1.02. The summed E-state index contributed by atoms with van der Waals surface area (Å²) in [7, 11) is 0. The van der Waals surface area contributed by atoms with Crippen LogP contribution in [0, 0.1) is 19.5 Å². The van der Waals surface area contributed by atoms with E-state index >= 15 is 0 Å². The highest BCUT2D eigenvalue weighted by atomic mass is 127. The molecule has 0 aliphatic heterocycles. The van der Waals surface area contributed by atoms with Crippen LogP contribution in [0.4, 0.5) is 15.8 Å². The van der Waals surface area contributed by atoms with Crippen molar-refractivity contribution in [1.29, 1.82) is 0 Å². The lowest BCUT2D eigenvalue weighted by molar-refractivity contribution is -0.384. The monoisotopic (exact) mass is 382 g/mol. The van der Waals surface area contributed by atoms with Gasteiger partial charge in [0.25, 0.3) is 5.69 Å². The van der Waals surface area contributed by atoms with E-state index in [4.69, 9.17) is 5.11 Å². The van der Waals surface area contributed by atoms with Crippen LogP contribution in [0.5, 0.6) is 0 Å². The molecule has 1 rings (SSSR count). The third kappa shape index (κ3) is 4.30. The fourth-order valence-electron chi connectivity index (χ4n) is 1.53. The third-order valence-corrected chi connectivity index (χ3v) is 3.34. The third-order valence-electron chi connectivity index (χ3n) is 2.51. The van der Waals surface area contributed by atoms with E-state index in [0.29, 0.717) is 6.42 Å². The van der Waals surface area contributed by atoms with E-state index in [9.17, 15) is 19.3 Å². The Hall–Kier alpha value is -1.45. The summed E-state index contributed by atoms with van der Waals surface area (Å²) in [6.07, 6.45) is 0.262. The summed E-state index contributed by atoms with van der Waals surface area (Å²) in [4.78, 5) is 20.9. The van der Waals surface area contributed by atoms with Gasteiger partial charge in [0.2, 0.25) is 0 Å². The van der Waals surface area contributed by atoms with Crippen LogP contribution < -0.4 is 5.32 Å². The van der Waals surface area contributed by atoms with E-state index in [1.54, 1.807) is 29.5 Å². The first kappa shape index (κ1) is 15.6. The average molecular weight is 382 g/mol. The summed E-state index contributed by atoms with van der Waals surface area (Å²) >= 11 is 1.66. The maximum atomic E-state index is 13.5. The van der Waals surface area contributed by atoms with Gasteiger partial charge in [-0.3, -0.25) is 14.9 Å². The number of nitrogens with zero attached hydrogens (tertiary/aromatic N) is 1. The minimum absolute atomic E-state index is 0.00369. The molecule has 1 aromatic rings. The Bertz CT molecular complexity index is 510. The topological polar surface area (TPSA) is 92.5 Å². The first-order valence-corrected chi connectivity index (χ1v) is 6.54. The normalized spacial score (nSPS) is 11.9. The van der Waals surface area contributed by atoms with Gasteiger partial charge in [-0.2, -0.15) is 0 Å². The molecule has 0 bridgehead atoms. The minimum Gasteiger partial charge on any atom is -0.481 e. The number of nitro groups is 1. The van der Waals surface area contributed by atoms with E-state index in [2.05, 4.69) is 5.32 Å². The molecule has 0 amide bonds. The number of anilines is 1. The van der Waals surface area contributed by atoms with E-state index < -0.39 is 22.8 Å². The summed E-state index contributed by atoms with van der Waals surface area (Å²) in [5.41, 5.74) is -0.273. The first-order chi connectivity index (χ1) is 8.85. The number of hydrogen-bond donors (Lipinski definition) is 2. The van der Waals surface area contributed by atoms with E-state index in [-0.39, 0.29) is 21.4 Å². The van der Waals surface area contributed by atoms with Crippen molar-refractivity contribution in [3.8, 4) is 0 Å². The van der Waals surface area contributed by atoms with Crippen molar-refractivity contribution in [1.82, 2.24) is 0 Å². The molecule has 0 aliphatic rings. The van der Waals surface area contributed by atoms with Crippen LogP contribution in [-0.4, -0.2) is 22.0 Å². The SMILES string of the molecule is CCC(CC(=O)O)Nc1cc(F)c(I)cc1[N+](=O)[O-]. The second-order valence-electron chi connectivity index (χ2n) is 3.89. The van der Waals surface area contributed by atoms with Crippen LogP contribution in [-0.2, 0) is 4.79 Å². The lowest BCUT2D eigenvalue weighted by Gasteiger charge is -2.16. The molecule has 0 saturated heterocycles. The zero-order valence-electron chi connectivity index (χ0n) is 10.0. The summed E-state index contributed by atoms with van der Waals surface area (Å²) in [5, 5.41) is 22.3.